The quantitative estimate of drug-likeness (QED) is 0.0101. The normalized spacial score (nSPS) is 22.7. The highest BCUT2D eigenvalue weighted by molar-refractivity contribution is 7.47. The number of carbonyl (C=O) groups excluding carboxylic acids is 2. The number of phosphoric acid groups is 1. The van der Waals surface area contributed by atoms with E-state index in [1.807, 2.05) is 12.2 Å². The Morgan fingerprint density at radius 2 is 1.08 bits per heavy atom. The third-order valence-electron chi connectivity index (χ3n) is 10.7. The lowest BCUT2D eigenvalue weighted by molar-refractivity contribution is -0.220. The molecule has 0 radical (unpaired) electrons. The summed E-state index contributed by atoms with van der Waals surface area (Å²) in [7, 11) is -5.17. The zero-order valence-electron chi connectivity index (χ0n) is 38.7. The smallest absolute Gasteiger partial charge is 0.462 e. The van der Waals surface area contributed by atoms with Gasteiger partial charge >= 0.3 is 19.8 Å². The molecule has 0 saturated heterocycles. The standard InChI is InChI=1S/C49H83O14P/c1-3-5-7-9-11-13-15-17-18-20-22-24-26-28-32-36-42(51)60-38-41(39-61-64(58,59)63-49-47(56)45(54)44(53)46(55)48(49)57)62-43(52)37-33-29-31-35-40(50)34-30-27-25-23-21-19-16-14-12-10-8-6-4-2/h6,8,12,14,19,21,25,27,29-31,34,40-41,44-50,53-57H,3-5,7,9-11,13,15-18,20,22-24,26,28,32-33,35-39H2,1-2H3,(H,58,59). The van der Waals surface area contributed by atoms with Crippen LogP contribution in [0.1, 0.15) is 162 Å². The molecular weight excluding hydrogens is 843 g/mol. The molecule has 7 unspecified atom stereocenters. The summed E-state index contributed by atoms with van der Waals surface area (Å²) in [5.41, 5.74) is 0. The first-order valence-corrected chi connectivity index (χ1v) is 25.3. The van der Waals surface area contributed by atoms with E-state index in [-0.39, 0.29) is 19.3 Å². The maximum absolute atomic E-state index is 12.8. The Morgan fingerprint density at radius 3 is 1.62 bits per heavy atom. The molecule has 368 valence electrons. The summed E-state index contributed by atoms with van der Waals surface area (Å²) in [6.45, 7) is 3.04. The molecule has 0 heterocycles. The molecule has 0 aliphatic heterocycles. The van der Waals surface area contributed by atoms with Gasteiger partial charge < -0.3 is 45.0 Å². The lowest BCUT2D eigenvalue weighted by atomic mass is 9.85. The first-order valence-electron chi connectivity index (χ1n) is 23.8. The molecule has 1 aliphatic rings. The van der Waals surface area contributed by atoms with E-state index in [0.717, 1.165) is 51.4 Å². The van der Waals surface area contributed by atoms with Crippen molar-refractivity contribution in [2.75, 3.05) is 13.2 Å². The van der Waals surface area contributed by atoms with Crippen LogP contribution < -0.4 is 0 Å². The number of unbranched alkanes of at least 4 members (excludes halogenated alkanes) is 14. The van der Waals surface area contributed by atoms with Gasteiger partial charge in [0.15, 0.2) is 6.10 Å². The van der Waals surface area contributed by atoms with Gasteiger partial charge in [-0.1, -0.05) is 177 Å². The summed E-state index contributed by atoms with van der Waals surface area (Å²) in [5.74, 6) is -1.28. The number of hydrogen-bond acceptors (Lipinski definition) is 13. The summed E-state index contributed by atoms with van der Waals surface area (Å²) >= 11 is 0. The largest absolute Gasteiger partial charge is 0.472 e. The number of esters is 2. The number of aliphatic hydroxyl groups is 6. The van der Waals surface area contributed by atoms with E-state index in [9.17, 15) is 49.7 Å². The molecule has 14 nitrogen and oxygen atoms in total. The molecule has 0 aromatic heterocycles. The predicted molar refractivity (Wildman–Crippen MR) is 250 cm³/mol. The summed E-state index contributed by atoms with van der Waals surface area (Å²) in [4.78, 5) is 35.7. The van der Waals surface area contributed by atoms with Crippen LogP contribution >= 0.6 is 7.82 Å². The number of rotatable bonds is 38. The highest BCUT2D eigenvalue weighted by atomic mass is 31.2. The minimum atomic E-state index is -5.17. The van der Waals surface area contributed by atoms with Crippen molar-refractivity contribution in [3.63, 3.8) is 0 Å². The van der Waals surface area contributed by atoms with Crippen LogP contribution in [0.25, 0.3) is 0 Å². The third kappa shape index (κ3) is 30.5. The first kappa shape index (κ1) is 59.3. The van der Waals surface area contributed by atoms with E-state index >= 15 is 0 Å². The molecule has 0 aromatic carbocycles. The highest BCUT2D eigenvalue weighted by Gasteiger charge is 2.51. The SMILES string of the molecule is CCC=CCC=CCC=CCC=CC=CC(O)CC=CCCC(=O)OC(COC(=O)CCCCCCCCCCCCCCCCC)COP(=O)(O)OC1C(O)C(O)C(O)C(O)C1O. The van der Waals surface area contributed by atoms with Crippen LogP contribution in [0.5, 0.6) is 0 Å². The van der Waals surface area contributed by atoms with Crippen molar-refractivity contribution in [1.82, 2.24) is 0 Å². The lowest BCUT2D eigenvalue weighted by Gasteiger charge is -2.41. The molecule has 7 N–H and O–H groups in total. The second-order valence-electron chi connectivity index (χ2n) is 16.4. The molecule has 1 saturated carbocycles. The van der Waals surface area contributed by atoms with Crippen molar-refractivity contribution in [2.24, 2.45) is 0 Å². The van der Waals surface area contributed by atoms with Gasteiger partial charge in [-0.25, -0.2) is 4.57 Å². The number of hydrogen-bond donors (Lipinski definition) is 7. The van der Waals surface area contributed by atoms with Crippen LogP contribution in [0, 0.1) is 0 Å². The van der Waals surface area contributed by atoms with E-state index in [1.54, 1.807) is 24.3 Å². The maximum atomic E-state index is 12.8. The number of carbonyl (C=O) groups is 2. The first-order chi connectivity index (χ1) is 30.8. The minimum Gasteiger partial charge on any atom is -0.462 e. The molecule has 7 atom stereocenters. The molecule has 0 bridgehead atoms. The molecule has 1 aliphatic carbocycles. The van der Waals surface area contributed by atoms with Gasteiger partial charge in [0.25, 0.3) is 0 Å². The summed E-state index contributed by atoms with van der Waals surface area (Å²) in [6, 6.07) is 0. The number of phosphoric ester groups is 1. The monoisotopic (exact) mass is 927 g/mol. The minimum absolute atomic E-state index is 0.111. The van der Waals surface area contributed by atoms with Crippen LogP contribution in [0.15, 0.2) is 72.9 Å². The molecule has 0 aromatic rings. The molecule has 1 fully saturated rings. The van der Waals surface area contributed by atoms with Crippen molar-refractivity contribution in [3.05, 3.63) is 72.9 Å². The average Bonchev–Trinajstić information content (AvgIpc) is 3.27. The second kappa shape index (κ2) is 38.4. The van der Waals surface area contributed by atoms with Crippen molar-refractivity contribution < 1.29 is 68.2 Å². The Hall–Kier alpha value is -2.75. The number of ether oxygens (including phenoxy) is 2. The Morgan fingerprint density at radius 1 is 0.578 bits per heavy atom. The fourth-order valence-corrected chi connectivity index (χ4v) is 7.78. The average molecular weight is 927 g/mol. The van der Waals surface area contributed by atoms with Crippen molar-refractivity contribution in [3.8, 4) is 0 Å². The van der Waals surface area contributed by atoms with Gasteiger partial charge in [-0.05, 0) is 44.9 Å². The second-order valence-corrected chi connectivity index (χ2v) is 17.8. The predicted octanol–water partition coefficient (Wildman–Crippen LogP) is 8.47. The van der Waals surface area contributed by atoms with Crippen LogP contribution in [0.2, 0.25) is 0 Å². The van der Waals surface area contributed by atoms with Crippen LogP contribution in [0.3, 0.4) is 0 Å². The molecule has 0 amide bonds. The van der Waals surface area contributed by atoms with E-state index in [2.05, 4.69) is 50.3 Å². The van der Waals surface area contributed by atoms with Crippen molar-refractivity contribution >= 4 is 19.8 Å². The fourth-order valence-electron chi connectivity index (χ4n) is 6.81. The summed E-state index contributed by atoms with van der Waals surface area (Å²) in [6.07, 6.45) is 31.2. The van der Waals surface area contributed by atoms with Crippen LogP contribution in [-0.2, 0) is 32.7 Å². The Kier molecular flexibility index (Phi) is 35.5. The van der Waals surface area contributed by atoms with Gasteiger partial charge in [0.1, 0.15) is 43.2 Å². The summed E-state index contributed by atoms with van der Waals surface area (Å²) in [5, 5.41) is 60.4. The van der Waals surface area contributed by atoms with Crippen LogP contribution in [0.4, 0.5) is 0 Å². The Balaban J connectivity index is 2.55. The lowest BCUT2D eigenvalue weighted by Crippen LogP contribution is -2.64. The molecule has 64 heavy (non-hydrogen) atoms. The van der Waals surface area contributed by atoms with E-state index in [0.29, 0.717) is 12.8 Å². The van der Waals surface area contributed by atoms with Gasteiger partial charge in [0.2, 0.25) is 0 Å². The highest BCUT2D eigenvalue weighted by Crippen LogP contribution is 2.47. The zero-order chi connectivity index (χ0) is 47.3. The van der Waals surface area contributed by atoms with Crippen molar-refractivity contribution in [1.29, 1.82) is 0 Å². The molecule has 1 rings (SSSR count). The Labute approximate surface area is 383 Å². The molecule has 0 spiro atoms. The summed E-state index contributed by atoms with van der Waals surface area (Å²) < 4.78 is 33.4. The third-order valence-corrected chi connectivity index (χ3v) is 11.6. The Bertz CT molecular complexity index is 1410. The van der Waals surface area contributed by atoms with Gasteiger partial charge in [-0.15, -0.1) is 0 Å². The number of aliphatic hydroxyl groups excluding tert-OH is 6. The van der Waals surface area contributed by atoms with Gasteiger partial charge in [0, 0.05) is 12.8 Å². The van der Waals surface area contributed by atoms with Gasteiger partial charge in [-0.2, -0.15) is 0 Å². The van der Waals surface area contributed by atoms with E-state index in [1.165, 1.54) is 64.2 Å². The van der Waals surface area contributed by atoms with Gasteiger partial charge in [-0.3, -0.25) is 18.6 Å². The molecule has 15 heteroatoms. The molecular formula is C49H83O14P. The van der Waals surface area contributed by atoms with Gasteiger partial charge in [0.05, 0.1) is 12.7 Å². The van der Waals surface area contributed by atoms with E-state index in [4.69, 9.17) is 18.5 Å². The zero-order valence-corrected chi connectivity index (χ0v) is 39.6. The van der Waals surface area contributed by atoms with E-state index < -0.39 is 81.8 Å². The topological polar surface area (TPSA) is 230 Å². The van der Waals surface area contributed by atoms with Crippen molar-refractivity contribution in [2.45, 2.75) is 210 Å². The fraction of sp³-hybridized carbons (Fsp3) is 0.714. The number of allylic oxidation sites excluding steroid dienone is 10. The maximum Gasteiger partial charge on any atom is 0.472 e. The van der Waals surface area contributed by atoms with Crippen LogP contribution in [-0.4, -0.2) is 110 Å².